The van der Waals surface area contributed by atoms with Crippen LogP contribution in [-0.4, -0.2) is 37.6 Å². The highest BCUT2D eigenvalue weighted by molar-refractivity contribution is 4.97. The fourth-order valence-electron chi connectivity index (χ4n) is 3.00. The molecule has 2 heteroatoms. The van der Waals surface area contributed by atoms with Gasteiger partial charge in [-0.05, 0) is 50.6 Å². The van der Waals surface area contributed by atoms with E-state index in [-0.39, 0.29) is 0 Å². The van der Waals surface area contributed by atoms with Gasteiger partial charge < -0.3 is 10.2 Å². The predicted octanol–water partition coefficient (Wildman–Crippen LogP) is 3.30. The molecular formula is C16H32N2. The maximum Gasteiger partial charge on any atom is 0.0107 e. The Morgan fingerprint density at radius 2 is 2.06 bits per heavy atom. The molecule has 2 unspecified atom stereocenters. The minimum absolute atomic E-state index is 0.817. The molecule has 1 aliphatic carbocycles. The zero-order valence-corrected chi connectivity index (χ0v) is 12.6. The van der Waals surface area contributed by atoms with Gasteiger partial charge in [-0.15, -0.1) is 0 Å². The van der Waals surface area contributed by atoms with Crippen LogP contribution in [0.5, 0.6) is 0 Å². The monoisotopic (exact) mass is 252 g/mol. The van der Waals surface area contributed by atoms with Crippen molar-refractivity contribution < 1.29 is 0 Å². The van der Waals surface area contributed by atoms with Gasteiger partial charge in [0.25, 0.3) is 0 Å². The minimum atomic E-state index is 0.817. The summed E-state index contributed by atoms with van der Waals surface area (Å²) in [6.45, 7) is 12.8. The normalized spacial score (nSPS) is 23.8. The molecule has 0 aromatic rings. The third-order valence-corrected chi connectivity index (χ3v) is 4.05. The SMILES string of the molecule is CCCN(CCNCC)CC1CCC=CC1CC. The van der Waals surface area contributed by atoms with Gasteiger partial charge in [-0.2, -0.15) is 0 Å². The van der Waals surface area contributed by atoms with Crippen LogP contribution in [0.2, 0.25) is 0 Å². The summed E-state index contributed by atoms with van der Waals surface area (Å²) in [5.74, 6) is 1.70. The second kappa shape index (κ2) is 9.57. The quantitative estimate of drug-likeness (QED) is 0.500. The Kier molecular flexibility index (Phi) is 8.36. The molecule has 0 aromatic carbocycles. The topological polar surface area (TPSA) is 15.3 Å². The number of likely N-dealkylation sites (N-methyl/N-ethyl adjacent to an activating group) is 1. The molecule has 0 heterocycles. The second-order valence-electron chi connectivity index (χ2n) is 5.49. The van der Waals surface area contributed by atoms with Gasteiger partial charge >= 0.3 is 0 Å². The smallest absolute Gasteiger partial charge is 0.0107 e. The molecule has 0 amide bonds. The third kappa shape index (κ3) is 5.53. The van der Waals surface area contributed by atoms with E-state index in [0.29, 0.717) is 0 Å². The highest BCUT2D eigenvalue weighted by atomic mass is 15.1. The molecule has 2 atom stereocenters. The first-order valence-electron chi connectivity index (χ1n) is 7.91. The summed E-state index contributed by atoms with van der Waals surface area (Å²) in [6.07, 6.45) is 10.1. The van der Waals surface area contributed by atoms with Crippen LogP contribution in [0, 0.1) is 11.8 Å². The molecule has 0 spiro atoms. The van der Waals surface area contributed by atoms with Crippen molar-refractivity contribution in [1.29, 1.82) is 0 Å². The molecule has 106 valence electrons. The summed E-state index contributed by atoms with van der Waals surface area (Å²) < 4.78 is 0. The molecule has 0 radical (unpaired) electrons. The lowest BCUT2D eigenvalue weighted by molar-refractivity contribution is 0.192. The van der Waals surface area contributed by atoms with Crippen LogP contribution < -0.4 is 5.32 Å². The summed E-state index contributed by atoms with van der Waals surface area (Å²) in [5.41, 5.74) is 0. The summed E-state index contributed by atoms with van der Waals surface area (Å²) in [7, 11) is 0. The van der Waals surface area contributed by atoms with E-state index in [9.17, 15) is 0 Å². The molecule has 0 bridgehead atoms. The van der Waals surface area contributed by atoms with Crippen LogP contribution in [-0.2, 0) is 0 Å². The van der Waals surface area contributed by atoms with E-state index in [1.165, 1.54) is 45.3 Å². The lowest BCUT2D eigenvalue weighted by Crippen LogP contribution is -2.38. The average molecular weight is 252 g/mol. The molecule has 1 N–H and O–H groups in total. The summed E-state index contributed by atoms with van der Waals surface area (Å²) in [5, 5.41) is 3.44. The molecular weight excluding hydrogens is 220 g/mol. The van der Waals surface area contributed by atoms with Gasteiger partial charge in [-0.3, -0.25) is 0 Å². The number of allylic oxidation sites excluding steroid dienone is 2. The maximum atomic E-state index is 3.44. The van der Waals surface area contributed by atoms with Gasteiger partial charge in [0.15, 0.2) is 0 Å². The van der Waals surface area contributed by atoms with Crippen LogP contribution in [0.25, 0.3) is 0 Å². The fraction of sp³-hybridized carbons (Fsp3) is 0.875. The lowest BCUT2D eigenvalue weighted by Gasteiger charge is -2.32. The number of nitrogens with one attached hydrogen (secondary N) is 1. The fourth-order valence-corrected chi connectivity index (χ4v) is 3.00. The van der Waals surface area contributed by atoms with Crippen molar-refractivity contribution in [3.8, 4) is 0 Å². The summed E-state index contributed by atoms with van der Waals surface area (Å²) in [4.78, 5) is 2.66. The summed E-state index contributed by atoms with van der Waals surface area (Å²) in [6, 6.07) is 0. The molecule has 18 heavy (non-hydrogen) atoms. The van der Waals surface area contributed by atoms with Crippen LogP contribution in [0.3, 0.4) is 0 Å². The molecule has 2 nitrogen and oxygen atoms in total. The Balaban J connectivity index is 2.40. The van der Waals surface area contributed by atoms with Gasteiger partial charge in [0.1, 0.15) is 0 Å². The van der Waals surface area contributed by atoms with Gasteiger partial charge in [-0.1, -0.05) is 32.9 Å². The van der Waals surface area contributed by atoms with Gasteiger partial charge in [0.2, 0.25) is 0 Å². The average Bonchev–Trinajstić information content (AvgIpc) is 2.40. The van der Waals surface area contributed by atoms with Crippen molar-refractivity contribution in [2.45, 2.75) is 46.5 Å². The number of rotatable bonds is 9. The van der Waals surface area contributed by atoms with Crippen molar-refractivity contribution in [3.63, 3.8) is 0 Å². The molecule has 0 aliphatic heterocycles. The highest BCUT2D eigenvalue weighted by Crippen LogP contribution is 2.27. The van der Waals surface area contributed by atoms with Crippen molar-refractivity contribution in [3.05, 3.63) is 12.2 Å². The molecule has 1 rings (SSSR count). The van der Waals surface area contributed by atoms with Gasteiger partial charge in [0.05, 0.1) is 0 Å². The number of hydrogen-bond donors (Lipinski definition) is 1. The Bertz CT molecular complexity index is 225. The molecule has 0 fully saturated rings. The van der Waals surface area contributed by atoms with Crippen molar-refractivity contribution in [2.75, 3.05) is 32.7 Å². The lowest BCUT2D eigenvalue weighted by atomic mass is 9.82. The molecule has 1 aliphatic rings. The third-order valence-electron chi connectivity index (χ3n) is 4.05. The van der Waals surface area contributed by atoms with E-state index in [1.807, 2.05) is 0 Å². The van der Waals surface area contributed by atoms with E-state index < -0.39 is 0 Å². The van der Waals surface area contributed by atoms with Crippen molar-refractivity contribution >= 4 is 0 Å². The standard InChI is InChI=1S/C16H32N2/c1-4-12-18(13-11-17-6-3)14-16-10-8-7-9-15(16)5-2/h7,9,15-17H,4-6,8,10-14H2,1-3H3. The Hall–Kier alpha value is -0.340. The highest BCUT2D eigenvalue weighted by Gasteiger charge is 2.22. The Labute approximate surface area is 114 Å². The van der Waals surface area contributed by atoms with E-state index in [2.05, 4.69) is 43.1 Å². The summed E-state index contributed by atoms with van der Waals surface area (Å²) >= 11 is 0. The van der Waals surface area contributed by atoms with Crippen molar-refractivity contribution in [2.24, 2.45) is 11.8 Å². The molecule has 0 saturated heterocycles. The van der Waals surface area contributed by atoms with Crippen LogP contribution >= 0.6 is 0 Å². The zero-order valence-electron chi connectivity index (χ0n) is 12.6. The first-order valence-corrected chi connectivity index (χ1v) is 7.91. The molecule has 0 saturated carbocycles. The van der Waals surface area contributed by atoms with Crippen LogP contribution in [0.4, 0.5) is 0 Å². The molecule has 0 aromatic heterocycles. The number of hydrogen-bond acceptors (Lipinski definition) is 2. The largest absolute Gasteiger partial charge is 0.316 e. The number of nitrogens with zero attached hydrogens (tertiary/aromatic N) is 1. The van der Waals surface area contributed by atoms with Crippen LogP contribution in [0.15, 0.2) is 12.2 Å². The maximum absolute atomic E-state index is 3.44. The van der Waals surface area contributed by atoms with E-state index >= 15 is 0 Å². The predicted molar refractivity (Wildman–Crippen MR) is 80.9 cm³/mol. The van der Waals surface area contributed by atoms with Gasteiger partial charge in [-0.25, -0.2) is 0 Å². The van der Waals surface area contributed by atoms with Crippen LogP contribution in [0.1, 0.15) is 46.5 Å². The first-order chi connectivity index (χ1) is 8.81. The second-order valence-corrected chi connectivity index (χ2v) is 5.49. The van der Waals surface area contributed by atoms with E-state index in [1.54, 1.807) is 0 Å². The Morgan fingerprint density at radius 1 is 1.22 bits per heavy atom. The van der Waals surface area contributed by atoms with E-state index in [0.717, 1.165) is 24.9 Å². The van der Waals surface area contributed by atoms with E-state index in [4.69, 9.17) is 0 Å². The Morgan fingerprint density at radius 3 is 2.72 bits per heavy atom. The van der Waals surface area contributed by atoms with Gasteiger partial charge in [0, 0.05) is 19.6 Å². The van der Waals surface area contributed by atoms with Crippen molar-refractivity contribution in [1.82, 2.24) is 10.2 Å². The minimum Gasteiger partial charge on any atom is -0.316 e. The first kappa shape index (κ1) is 15.7. The zero-order chi connectivity index (χ0) is 13.2.